The summed E-state index contributed by atoms with van der Waals surface area (Å²) in [5.41, 5.74) is 1.18. The second-order valence-electron chi connectivity index (χ2n) is 5.00. The van der Waals surface area contributed by atoms with E-state index in [1.165, 1.54) is 10.8 Å². The molecule has 0 radical (unpaired) electrons. The van der Waals surface area contributed by atoms with Crippen LogP contribution in [0.3, 0.4) is 0 Å². The van der Waals surface area contributed by atoms with Crippen LogP contribution in [0.15, 0.2) is 5.38 Å². The number of hydrogen-bond acceptors (Lipinski definition) is 5. The SMILES string of the molecule is CCNC(C)c1csc(N2CC(C)SC(C)C2)n1. The molecule has 102 valence electrons. The zero-order valence-corrected chi connectivity index (χ0v) is 13.3. The third kappa shape index (κ3) is 3.39. The van der Waals surface area contributed by atoms with Gasteiger partial charge in [0.05, 0.1) is 5.69 Å². The van der Waals surface area contributed by atoms with Crippen LogP contribution in [0.4, 0.5) is 5.13 Å². The summed E-state index contributed by atoms with van der Waals surface area (Å²) in [5.74, 6) is 0. The molecule has 1 fully saturated rings. The predicted molar refractivity (Wildman–Crippen MR) is 82.9 cm³/mol. The number of anilines is 1. The Balaban J connectivity index is 2.05. The molecule has 1 N–H and O–H groups in total. The number of rotatable bonds is 4. The zero-order chi connectivity index (χ0) is 13.1. The van der Waals surface area contributed by atoms with Crippen molar-refractivity contribution in [2.45, 2.75) is 44.2 Å². The first-order valence-corrected chi connectivity index (χ1v) is 8.51. The number of aromatic nitrogens is 1. The lowest BCUT2D eigenvalue weighted by Crippen LogP contribution is -2.40. The number of nitrogens with zero attached hydrogens (tertiary/aromatic N) is 2. The Bertz CT molecular complexity index is 370. The topological polar surface area (TPSA) is 28.2 Å². The van der Waals surface area contributed by atoms with Gasteiger partial charge in [-0.2, -0.15) is 11.8 Å². The molecule has 0 spiro atoms. The fourth-order valence-electron chi connectivity index (χ4n) is 2.37. The van der Waals surface area contributed by atoms with Crippen molar-refractivity contribution in [3.8, 4) is 0 Å². The standard InChI is InChI=1S/C13H23N3S2/c1-5-14-11(4)12-8-17-13(15-12)16-6-9(2)18-10(3)7-16/h8-11,14H,5-7H2,1-4H3. The van der Waals surface area contributed by atoms with Gasteiger partial charge in [0.25, 0.3) is 0 Å². The molecule has 0 saturated carbocycles. The maximum absolute atomic E-state index is 4.79. The lowest BCUT2D eigenvalue weighted by Gasteiger charge is -2.34. The molecule has 18 heavy (non-hydrogen) atoms. The van der Waals surface area contributed by atoms with E-state index in [0.717, 1.165) is 19.6 Å². The van der Waals surface area contributed by atoms with Crippen LogP contribution in [0.1, 0.15) is 39.4 Å². The van der Waals surface area contributed by atoms with Crippen molar-refractivity contribution >= 4 is 28.2 Å². The highest BCUT2D eigenvalue weighted by Crippen LogP contribution is 2.31. The quantitative estimate of drug-likeness (QED) is 0.920. The van der Waals surface area contributed by atoms with Gasteiger partial charge in [0.1, 0.15) is 0 Å². The summed E-state index contributed by atoms with van der Waals surface area (Å²) < 4.78 is 0. The van der Waals surface area contributed by atoms with Gasteiger partial charge in [0.15, 0.2) is 5.13 Å². The Hall–Kier alpha value is -0.260. The van der Waals surface area contributed by atoms with E-state index in [1.54, 1.807) is 11.3 Å². The summed E-state index contributed by atoms with van der Waals surface area (Å²) in [7, 11) is 0. The molecular formula is C13H23N3S2. The van der Waals surface area contributed by atoms with E-state index >= 15 is 0 Å². The van der Waals surface area contributed by atoms with Crippen molar-refractivity contribution in [2.24, 2.45) is 0 Å². The molecule has 1 aliphatic rings. The largest absolute Gasteiger partial charge is 0.346 e. The second kappa shape index (κ2) is 6.26. The van der Waals surface area contributed by atoms with Crippen molar-refractivity contribution in [1.29, 1.82) is 0 Å². The summed E-state index contributed by atoms with van der Waals surface area (Å²) in [6.45, 7) is 12.2. The van der Waals surface area contributed by atoms with Crippen molar-refractivity contribution in [1.82, 2.24) is 10.3 Å². The Morgan fingerprint density at radius 3 is 2.72 bits per heavy atom. The lowest BCUT2D eigenvalue weighted by atomic mass is 10.2. The van der Waals surface area contributed by atoms with E-state index in [1.807, 2.05) is 0 Å². The minimum Gasteiger partial charge on any atom is -0.346 e. The van der Waals surface area contributed by atoms with Crippen LogP contribution in [0.25, 0.3) is 0 Å². The van der Waals surface area contributed by atoms with Gasteiger partial charge >= 0.3 is 0 Å². The van der Waals surface area contributed by atoms with Crippen LogP contribution < -0.4 is 10.2 Å². The first kappa shape index (κ1) is 14.2. The van der Waals surface area contributed by atoms with Crippen LogP contribution >= 0.6 is 23.1 Å². The number of nitrogens with one attached hydrogen (secondary N) is 1. The van der Waals surface area contributed by atoms with Gasteiger partial charge < -0.3 is 10.2 Å². The monoisotopic (exact) mass is 285 g/mol. The van der Waals surface area contributed by atoms with Crippen molar-refractivity contribution in [2.75, 3.05) is 24.5 Å². The highest BCUT2D eigenvalue weighted by atomic mass is 32.2. The average molecular weight is 285 g/mol. The Kier molecular flexibility index (Phi) is 4.92. The Morgan fingerprint density at radius 2 is 2.11 bits per heavy atom. The number of thioether (sulfide) groups is 1. The first-order valence-electron chi connectivity index (χ1n) is 6.69. The second-order valence-corrected chi connectivity index (χ2v) is 7.71. The molecule has 5 heteroatoms. The van der Waals surface area contributed by atoms with Gasteiger partial charge in [-0.3, -0.25) is 0 Å². The fraction of sp³-hybridized carbons (Fsp3) is 0.769. The fourth-order valence-corrected chi connectivity index (χ4v) is 4.63. The predicted octanol–water partition coefficient (Wildman–Crippen LogP) is 3.14. The molecule has 1 saturated heterocycles. The van der Waals surface area contributed by atoms with Gasteiger partial charge in [-0.25, -0.2) is 4.98 Å². The molecule has 0 bridgehead atoms. The third-order valence-electron chi connectivity index (χ3n) is 3.15. The normalized spacial score (nSPS) is 26.3. The van der Waals surface area contributed by atoms with Gasteiger partial charge in [-0.15, -0.1) is 11.3 Å². The first-order chi connectivity index (χ1) is 8.60. The molecule has 2 rings (SSSR count). The highest BCUT2D eigenvalue weighted by Gasteiger charge is 2.24. The van der Waals surface area contributed by atoms with E-state index in [2.05, 4.69) is 55.1 Å². The highest BCUT2D eigenvalue weighted by molar-refractivity contribution is 8.00. The molecule has 3 nitrogen and oxygen atoms in total. The minimum absolute atomic E-state index is 0.356. The summed E-state index contributed by atoms with van der Waals surface area (Å²) in [6, 6.07) is 0.356. The van der Waals surface area contributed by atoms with Crippen molar-refractivity contribution in [3.63, 3.8) is 0 Å². The molecule has 3 atom stereocenters. The smallest absolute Gasteiger partial charge is 0.185 e. The van der Waals surface area contributed by atoms with E-state index in [0.29, 0.717) is 16.5 Å². The number of hydrogen-bond donors (Lipinski definition) is 1. The maximum atomic E-state index is 4.79. The average Bonchev–Trinajstić information content (AvgIpc) is 2.77. The van der Waals surface area contributed by atoms with Crippen LogP contribution in [0.2, 0.25) is 0 Å². The number of thiazole rings is 1. The van der Waals surface area contributed by atoms with Crippen molar-refractivity contribution in [3.05, 3.63) is 11.1 Å². The summed E-state index contributed by atoms with van der Waals surface area (Å²) in [4.78, 5) is 7.24. The molecular weight excluding hydrogens is 262 g/mol. The van der Waals surface area contributed by atoms with Crippen LogP contribution in [-0.2, 0) is 0 Å². The van der Waals surface area contributed by atoms with Gasteiger partial charge in [0.2, 0.25) is 0 Å². The molecule has 0 aromatic carbocycles. The summed E-state index contributed by atoms with van der Waals surface area (Å²) >= 11 is 3.86. The molecule has 1 aromatic heterocycles. The van der Waals surface area contributed by atoms with Crippen LogP contribution in [0.5, 0.6) is 0 Å². The molecule has 2 heterocycles. The van der Waals surface area contributed by atoms with Gasteiger partial charge in [0, 0.05) is 35.0 Å². The van der Waals surface area contributed by atoms with E-state index in [-0.39, 0.29) is 0 Å². The van der Waals surface area contributed by atoms with Gasteiger partial charge in [-0.05, 0) is 13.5 Å². The maximum Gasteiger partial charge on any atom is 0.185 e. The van der Waals surface area contributed by atoms with E-state index < -0.39 is 0 Å². The minimum atomic E-state index is 0.356. The van der Waals surface area contributed by atoms with E-state index in [9.17, 15) is 0 Å². The van der Waals surface area contributed by atoms with Crippen LogP contribution in [-0.4, -0.2) is 35.1 Å². The molecule has 1 aliphatic heterocycles. The zero-order valence-electron chi connectivity index (χ0n) is 11.6. The lowest BCUT2D eigenvalue weighted by molar-refractivity contribution is 0.585. The third-order valence-corrected chi connectivity index (χ3v) is 5.30. The molecule has 1 aromatic rings. The van der Waals surface area contributed by atoms with Gasteiger partial charge in [-0.1, -0.05) is 20.8 Å². The molecule has 0 aliphatic carbocycles. The van der Waals surface area contributed by atoms with Crippen molar-refractivity contribution < 1.29 is 0 Å². The van der Waals surface area contributed by atoms with E-state index in [4.69, 9.17) is 4.98 Å². The Labute approximate surface area is 118 Å². The summed E-state index contributed by atoms with van der Waals surface area (Å²) in [6.07, 6.45) is 0. The molecule has 0 amide bonds. The summed E-state index contributed by atoms with van der Waals surface area (Å²) in [5, 5.41) is 8.20. The molecule has 3 unspecified atom stereocenters. The van der Waals surface area contributed by atoms with Crippen LogP contribution in [0, 0.1) is 0 Å². The Morgan fingerprint density at radius 1 is 1.44 bits per heavy atom.